The molecule has 2 aromatic carbocycles. The molecule has 3 rings (SSSR count). The van der Waals surface area contributed by atoms with Crippen molar-refractivity contribution in [2.24, 2.45) is 11.8 Å². The molecule has 0 aliphatic carbocycles. The first-order chi connectivity index (χ1) is 22.2. The van der Waals surface area contributed by atoms with E-state index in [4.69, 9.17) is 32.7 Å². The normalized spacial score (nSPS) is 14.9. The van der Waals surface area contributed by atoms with E-state index in [1.165, 1.54) is 12.1 Å². The number of nitrogens with one attached hydrogen (secondary N) is 2. The monoisotopic (exact) mass is 689 g/mol. The maximum atomic E-state index is 13.2. The number of amides is 3. The van der Waals surface area contributed by atoms with Gasteiger partial charge in [-0.25, -0.2) is 9.59 Å². The van der Waals surface area contributed by atoms with Gasteiger partial charge in [-0.15, -0.1) is 0 Å². The lowest BCUT2D eigenvalue weighted by atomic mass is 9.96. The number of ether oxygens (including phenoxy) is 2. The first-order valence-corrected chi connectivity index (χ1v) is 16.7. The Labute approximate surface area is 286 Å². The minimum atomic E-state index is -1.11. The van der Waals surface area contributed by atoms with Crippen LogP contribution in [0, 0.1) is 11.8 Å². The van der Waals surface area contributed by atoms with E-state index in [0.29, 0.717) is 50.3 Å². The molecular weight excluding hydrogens is 645 g/mol. The third-order valence-electron chi connectivity index (χ3n) is 7.74. The molecule has 12 heteroatoms. The van der Waals surface area contributed by atoms with Gasteiger partial charge in [0.2, 0.25) is 11.8 Å². The second-order valence-corrected chi connectivity index (χ2v) is 13.8. The average Bonchev–Trinajstić information content (AvgIpc) is 3.02. The highest BCUT2D eigenvalue weighted by atomic mass is 35.5. The van der Waals surface area contributed by atoms with Crippen LogP contribution in [0.25, 0.3) is 0 Å². The molecule has 0 aromatic heterocycles. The lowest BCUT2D eigenvalue weighted by Crippen LogP contribution is -2.45. The number of piperidine rings is 1. The predicted octanol–water partition coefficient (Wildman–Crippen LogP) is 6.02. The Morgan fingerprint density at radius 2 is 1.64 bits per heavy atom. The summed E-state index contributed by atoms with van der Waals surface area (Å²) in [5.41, 5.74) is 0.452. The SMILES string of the molecule is CC(CCNC(=O)C1CCN(C(=O)OC(C)(C)C)CC1)CC(=O)NCC(=O)C(CCc1ccccc1)OC(=O)c1cc(Cl)ccc1Cl. The van der Waals surface area contributed by atoms with Gasteiger partial charge >= 0.3 is 12.1 Å². The Morgan fingerprint density at radius 1 is 0.957 bits per heavy atom. The molecular formula is C35H45Cl2N3O7. The molecule has 1 aliphatic rings. The highest BCUT2D eigenvalue weighted by Crippen LogP contribution is 2.23. The fraction of sp³-hybridized carbons (Fsp3) is 0.514. The number of esters is 1. The highest BCUT2D eigenvalue weighted by Gasteiger charge is 2.30. The molecule has 2 atom stereocenters. The molecule has 3 amide bonds. The fourth-order valence-electron chi connectivity index (χ4n) is 5.10. The van der Waals surface area contributed by atoms with Crippen molar-refractivity contribution in [1.29, 1.82) is 0 Å². The van der Waals surface area contributed by atoms with Gasteiger partial charge in [0, 0.05) is 37.0 Å². The van der Waals surface area contributed by atoms with Crippen molar-refractivity contribution in [1.82, 2.24) is 15.5 Å². The first kappa shape index (κ1) is 37.8. The van der Waals surface area contributed by atoms with E-state index in [0.717, 1.165) is 5.56 Å². The molecule has 2 aromatic rings. The van der Waals surface area contributed by atoms with Crippen molar-refractivity contribution >= 4 is 52.9 Å². The third kappa shape index (κ3) is 13.2. The Bertz CT molecular complexity index is 1390. The van der Waals surface area contributed by atoms with Gasteiger partial charge in [0.05, 0.1) is 17.1 Å². The summed E-state index contributed by atoms with van der Waals surface area (Å²) in [6, 6.07) is 13.9. The van der Waals surface area contributed by atoms with Crippen LogP contribution in [0.3, 0.4) is 0 Å². The van der Waals surface area contributed by atoms with Gasteiger partial charge in [0.25, 0.3) is 0 Å². The largest absolute Gasteiger partial charge is 0.451 e. The summed E-state index contributed by atoms with van der Waals surface area (Å²) in [6.45, 7) is 8.37. The predicted molar refractivity (Wildman–Crippen MR) is 180 cm³/mol. The fourth-order valence-corrected chi connectivity index (χ4v) is 5.47. The number of benzene rings is 2. The first-order valence-electron chi connectivity index (χ1n) is 16.0. The van der Waals surface area contributed by atoms with E-state index in [1.54, 1.807) is 11.0 Å². The van der Waals surface area contributed by atoms with Gasteiger partial charge in [-0.1, -0.05) is 60.5 Å². The molecule has 1 fully saturated rings. The molecule has 2 unspecified atom stereocenters. The number of halogens is 2. The molecule has 2 N–H and O–H groups in total. The number of rotatable bonds is 14. The molecule has 0 saturated carbocycles. The topological polar surface area (TPSA) is 131 Å². The van der Waals surface area contributed by atoms with E-state index in [2.05, 4.69) is 10.6 Å². The van der Waals surface area contributed by atoms with Crippen LogP contribution in [0.1, 0.15) is 75.7 Å². The zero-order chi connectivity index (χ0) is 34.6. The van der Waals surface area contributed by atoms with Crippen molar-refractivity contribution in [3.8, 4) is 0 Å². The van der Waals surface area contributed by atoms with Gasteiger partial charge in [-0.3, -0.25) is 14.4 Å². The second kappa shape index (κ2) is 18.1. The smallest absolute Gasteiger partial charge is 0.410 e. The van der Waals surface area contributed by atoms with Gasteiger partial charge in [-0.2, -0.15) is 0 Å². The molecule has 0 radical (unpaired) electrons. The van der Waals surface area contributed by atoms with Gasteiger partial charge < -0.3 is 25.0 Å². The molecule has 1 aliphatic heterocycles. The summed E-state index contributed by atoms with van der Waals surface area (Å²) >= 11 is 12.2. The van der Waals surface area contributed by atoms with Gasteiger partial charge in [0.1, 0.15) is 5.60 Å². The number of likely N-dealkylation sites (tertiary alicyclic amines) is 1. The minimum absolute atomic E-state index is 0.0490. The van der Waals surface area contributed by atoms with Crippen molar-refractivity contribution in [3.05, 3.63) is 69.7 Å². The molecule has 1 heterocycles. The third-order valence-corrected chi connectivity index (χ3v) is 8.31. The zero-order valence-electron chi connectivity index (χ0n) is 27.5. The number of aryl methyl sites for hydroxylation is 1. The Morgan fingerprint density at radius 3 is 2.30 bits per heavy atom. The summed E-state index contributed by atoms with van der Waals surface area (Å²) in [7, 11) is 0. The molecule has 47 heavy (non-hydrogen) atoms. The summed E-state index contributed by atoms with van der Waals surface area (Å²) < 4.78 is 11.0. The van der Waals surface area contributed by atoms with E-state index in [-0.39, 0.29) is 59.7 Å². The number of Topliss-reactive ketones (excluding diaryl/α,β-unsaturated/α-hetero) is 1. The van der Waals surface area contributed by atoms with Crippen molar-refractivity contribution in [3.63, 3.8) is 0 Å². The molecule has 0 bridgehead atoms. The average molecular weight is 691 g/mol. The second-order valence-electron chi connectivity index (χ2n) is 12.9. The number of ketones is 1. The zero-order valence-corrected chi connectivity index (χ0v) is 29.0. The summed E-state index contributed by atoms with van der Waals surface area (Å²) in [5, 5.41) is 6.04. The van der Waals surface area contributed by atoms with Crippen LogP contribution in [0.4, 0.5) is 4.79 Å². The number of hydrogen-bond acceptors (Lipinski definition) is 7. The Hall–Kier alpha value is -3.63. The van der Waals surface area contributed by atoms with Crippen LogP contribution in [0.15, 0.2) is 48.5 Å². The van der Waals surface area contributed by atoms with Crippen LogP contribution in [-0.2, 0) is 30.3 Å². The lowest BCUT2D eigenvalue weighted by Gasteiger charge is -2.33. The summed E-state index contributed by atoms with van der Waals surface area (Å²) in [6.07, 6.45) is 1.07. The van der Waals surface area contributed by atoms with Crippen molar-refractivity contribution in [2.75, 3.05) is 26.2 Å². The Balaban J connectivity index is 1.42. The van der Waals surface area contributed by atoms with Crippen LogP contribution in [0.5, 0.6) is 0 Å². The highest BCUT2D eigenvalue weighted by molar-refractivity contribution is 6.35. The van der Waals surface area contributed by atoms with Crippen LogP contribution in [-0.4, -0.2) is 72.4 Å². The molecule has 256 valence electrons. The standard InChI is InChI=1S/C35H45Cl2N3O7/c1-23(14-17-38-32(43)25-15-18-40(19-16-25)34(45)47-35(2,3)4)20-31(42)39-22-29(41)30(13-10-24-8-6-5-7-9-24)46-33(44)27-21-26(36)11-12-28(27)37/h5-9,11-12,21,23,25,30H,10,13-20,22H2,1-4H3,(H,38,43)(H,39,42). The maximum Gasteiger partial charge on any atom is 0.410 e. The molecule has 10 nitrogen and oxygen atoms in total. The van der Waals surface area contributed by atoms with Gasteiger partial charge in [-0.05, 0) is 82.6 Å². The van der Waals surface area contributed by atoms with Crippen molar-refractivity contribution in [2.45, 2.75) is 77.9 Å². The summed E-state index contributed by atoms with van der Waals surface area (Å²) in [4.78, 5) is 65.3. The molecule has 0 spiro atoms. The van der Waals surface area contributed by atoms with E-state index < -0.39 is 23.5 Å². The van der Waals surface area contributed by atoms with Gasteiger partial charge in [0.15, 0.2) is 11.9 Å². The van der Waals surface area contributed by atoms with E-state index in [9.17, 15) is 24.0 Å². The van der Waals surface area contributed by atoms with E-state index >= 15 is 0 Å². The van der Waals surface area contributed by atoms with Crippen molar-refractivity contribution < 1.29 is 33.4 Å². The number of carbonyl (C=O) groups is 5. The van der Waals surface area contributed by atoms with E-state index in [1.807, 2.05) is 58.0 Å². The number of carbonyl (C=O) groups excluding carboxylic acids is 5. The lowest BCUT2D eigenvalue weighted by molar-refractivity contribution is -0.130. The molecule has 1 saturated heterocycles. The maximum absolute atomic E-state index is 13.2. The Kier molecular flexibility index (Phi) is 14.5. The number of nitrogens with zero attached hydrogens (tertiary/aromatic N) is 1. The van der Waals surface area contributed by atoms with Crippen LogP contribution < -0.4 is 10.6 Å². The van der Waals surface area contributed by atoms with Crippen LogP contribution in [0.2, 0.25) is 10.0 Å². The summed E-state index contributed by atoms with van der Waals surface area (Å²) in [5.74, 6) is -1.85. The minimum Gasteiger partial charge on any atom is -0.451 e. The number of hydrogen-bond donors (Lipinski definition) is 2. The van der Waals surface area contributed by atoms with Crippen LogP contribution >= 0.6 is 23.2 Å². The quantitative estimate of drug-likeness (QED) is 0.232.